The van der Waals surface area contributed by atoms with Crippen molar-refractivity contribution < 1.29 is 47.2 Å². The topological polar surface area (TPSA) is 272 Å². The molecule has 0 amide bonds. The van der Waals surface area contributed by atoms with Crippen molar-refractivity contribution in [1.29, 1.82) is 0 Å². The highest BCUT2D eigenvalue weighted by atomic mass is 79.9. The van der Waals surface area contributed by atoms with Crippen LogP contribution in [0.15, 0.2) is 173 Å². The number of rotatable bonds is 16. The van der Waals surface area contributed by atoms with Crippen LogP contribution in [0.1, 0.15) is 154 Å². The number of esters is 2. The van der Waals surface area contributed by atoms with Crippen molar-refractivity contribution in [3.63, 3.8) is 0 Å². The van der Waals surface area contributed by atoms with E-state index in [0.29, 0.717) is 73.3 Å². The van der Waals surface area contributed by atoms with Gasteiger partial charge in [0.2, 0.25) is 0 Å². The lowest BCUT2D eigenvalue weighted by Gasteiger charge is -2.32. The van der Waals surface area contributed by atoms with Gasteiger partial charge in [-0.05, 0) is 226 Å². The van der Waals surface area contributed by atoms with Crippen LogP contribution in [0.4, 0.5) is 31.8 Å². The lowest BCUT2D eigenvalue weighted by Crippen LogP contribution is -2.42. The molecule has 3 saturated heterocycles. The number of ether oxygens (including phenoxy) is 2. The fraction of sp³-hybridized carbons (Fsp3) is 0.357. The number of imidazole rings is 2. The molecule has 24 nitrogen and oxygen atoms in total. The zero-order valence-electron chi connectivity index (χ0n) is 66.6. The molecule has 3 fully saturated rings. The molecule has 0 aliphatic carbocycles. The fourth-order valence-electron chi connectivity index (χ4n) is 14.7. The maximum absolute atomic E-state index is 15.6. The van der Waals surface area contributed by atoms with Crippen molar-refractivity contribution in [3.8, 4) is 22.5 Å². The molecule has 11 heterocycles. The van der Waals surface area contributed by atoms with E-state index in [2.05, 4.69) is 73.5 Å². The number of hydrogen-bond donors (Lipinski definition) is 4. The number of benzene rings is 4. The van der Waals surface area contributed by atoms with Crippen LogP contribution in [0.25, 0.3) is 55.3 Å². The molecule has 8 aromatic heterocycles. The molecule has 3 aliphatic rings. The molecule has 0 radical (unpaired) electrons. The SMILES string of the molecule is CB(O)N1CCC(c2ccc(Nc3cc(-c4cccc(-n5ncc6cc(C(C)(C)C)cc(F)c6c5=O)c4COC(C)=O)cn4ccnc34)nc2)CC1.CB(O)N1CCC(c2ccc(Nc3cc(Br)cn4ccnc34)nc2)CC1.CC(=O)OCc1c(B2OC(C)(C)C(C)(C)O2)cccc1-n1ncc2cc(C(C)(C)C)cc(F)c2c1=O. The molecule has 3 aliphatic heterocycles. The van der Waals surface area contributed by atoms with Crippen molar-refractivity contribution in [2.75, 3.05) is 36.8 Å². The van der Waals surface area contributed by atoms with Crippen LogP contribution in [0.3, 0.4) is 0 Å². The minimum atomic E-state index is -0.761. The number of piperidine rings is 2. The van der Waals surface area contributed by atoms with Crippen molar-refractivity contribution in [3.05, 3.63) is 229 Å². The smallest absolute Gasteiger partial charge is 0.461 e. The summed E-state index contributed by atoms with van der Waals surface area (Å²) in [5.74, 6) is 0.135. The average Bonchev–Trinajstić information content (AvgIpc) is 1.20. The van der Waals surface area contributed by atoms with Crippen LogP contribution >= 0.6 is 15.9 Å². The zero-order chi connectivity index (χ0) is 81.5. The molecule has 0 spiro atoms. The molecule has 114 heavy (non-hydrogen) atoms. The molecule has 30 heteroatoms. The number of pyridine rings is 4. The number of anilines is 4. The summed E-state index contributed by atoms with van der Waals surface area (Å²) in [5, 5.41) is 36.0. The first-order valence-corrected chi connectivity index (χ1v) is 39.1. The number of halogens is 3. The molecule has 4 aromatic carbocycles. The normalized spacial score (nSPS) is 15.5. The number of carbonyl (C=O) groups is 2. The van der Waals surface area contributed by atoms with Gasteiger partial charge in [-0.15, -0.1) is 0 Å². The minimum absolute atomic E-state index is 0.0579. The lowest BCUT2D eigenvalue weighted by molar-refractivity contribution is -0.143. The second kappa shape index (κ2) is 33.2. The minimum Gasteiger partial charge on any atom is -0.461 e. The maximum Gasteiger partial charge on any atom is 0.495 e. The summed E-state index contributed by atoms with van der Waals surface area (Å²) >= 11 is 3.53. The van der Waals surface area contributed by atoms with Gasteiger partial charge in [0.25, 0.3) is 11.1 Å². The predicted molar refractivity (Wildman–Crippen MR) is 446 cm³/mol. The number of fused-ring (bicyclic) bond motifs is 4. The van der Waals surface area contributed by atoms with Crippen molar-refractivity contribution in [1.82, 2.24) is 57.9 Å². The Morgan fingerprint density at radius 3 is 1.47 bits per heavy atom. The van der Waals surface area contributed by atoms with Gasteiger partial charge < -0.3 is 57.9 Å². The van der Waals surface area contributed by atoms with E-state index >= 15 is 8.78 Å². The van der Waals surface area contributed by atoms with E-state index < -0.39 is 60.1 Å². The summed E-state index contributed by atoms with van der Waals surface area (Å²) in [6, 6.07) is 29.1. The van der Waals surface area contributed by atoms with Crippen LogP contribution in [0, 0.1) is 11.6 Å². The molecule has 0 unspecified atom stereocenters. The van der Waals surface area contributed by atoms with Crippen molar-refractivity contribution >= 4 is 110 Å². The van der Waals surface area contributed by atoms with Gasteiger partial charge in [-0.1, -0.05) is 77.9 Å². The van der Waals surface area contributed by atoms with Gasteiger partial charge in [0, 0.05) is 95.4 Å². The molecular weight excluding hydrogens is 1520 g/mol. The Bertz CT molecular complexity index is 5680. The zero-order valence-corrected chi connectivity index (χ0v) is 68.2. The van der Waals surface area contributed by atoms with E-state index in [1.54, 1.807) is 61.7 Å². The highest BCUT2D eigenvalue weighted by Gasteiger charge is 2.52. The molecule has 15 rings (SSSR count). The van der Waals surface area contributed by atoms with Crippen LogP contribution in [0.2, 0.25) is 13.6 Å². The van der Waals surface area contributed by atoms with E-state index in [1.807, 2.05) is 152 Å². The van der Waals surface area contributed by atoms with E-state index in [0.717, 1.165) is 100 Å². The van der Waals surface area contributed by atoms with Gasteiger partial charge in [0.05, 0.1) is 57.1 Å². The monoisotopic (exact) mass is 1610 g/mol. The molecule has 4 N–H and O–H groups in total. The Morgan fingerprint density at radius 2 is 1.04 bits per heavy atom. The molecule has 590 valence electrons. The van der Waals surface area contributed by atoms with Gasteiger partial charge in [-0.3, -0.25) is 19.2 Å². The third-order valence-corrected chi connectivity index (χ3v) is 22.4. The molecular formula is C84H94B3BrF2N14O10. The first kappa shape index (κ1) is 81.7. The van der Waals surface area contributed by atoms with Gasteiger partial charge >= 0.3 is 33.2 Å². The van der Waals surface area contributed by atoms with E-state index in [4.69, 9.17) is 23.8 Å². The third-order valence-electron chi connectivity index (χ3n) is 22.0. The van der Waals surface area contributed by atoms with Crippen molar-refractivity contribution in [2.24, 2.45) is 0 Å². The Kier molecular flexibility index (Phi) is 23.8. The van der Waals surface area contributed by atoms with Gasteiger partial charge in [0.1, 0.15) is 36.5 Å². The Morgan fingerprint density at radius 1 is 0.596 bits per heavy atom. The summed E-state index contributed by atoms with van der Waals surface area (Å²) in [4.78, 5) is 73.7. The second-order valence-corrected chi connectivity index (χ2v) is 33.4. The molecule has 0 saturated carbocycles. The second-order valence-electron chi connectivity index (χ2n) is 32.5. The first-order chi connectivity index (χ1) is 54.1. The lowest BCUT2D eigenvalue weighted by atomic mass is 9.75. The highest BCUT2D eigenvalue weighted by Crippen LogP contribution is 2.40. The summed E-state index contributed by atoms with van der Waals surface area (Å²) in [6.45, 7) is 29.1. The van der Waals surface area contributed by atoms with Crippen LogP contribution in [0.5, 0.6) is 0 Å². The number of aromatic nitrogens is 10. The highest BCUT2D eigenvalue weighted by molar-refractivity contribution is 9.10. The third kappa shape index (κ3) is 17.8. The average molecular weight is 1610 g/mol. The number of carbonyl (C=O) groups excluding carboxylic acids is 2. The standard InChI is InChI=1S/C39H41BFN7O4.C27H32BFN2O5.C18H21BBrN5O/c1-24(49)52-23-31-30(7-6-8-34(31)48-38(50)36-27(21-44-48)17-29(19-32(36)41)39(2,3)4)28-18-33(37-42-13-16-46(37)22-28)45-35-10-9-26(20-43-35)25-11-14-47(15-12-25)40(5)51;1-16(32)34-15-19-20(28-35-26(5,6)27(7,8)36-28)10-9-11-22(19)31-24(33)23-17(14-30-31)12-18(13-21(23)29)25(2,3)4;1-19(26)25-7-4-13(5-8-25)14-2-3-17(22-11-14)23-16-10-15(20)12-24-9-6-21-18(16)24/h6-10,13,16-22,25,51H,11-12,14-15,23H2,1-5H3,(H,43,45);9-14H,15H2,1-8H3;2-3,6,9-13,26H,4-5,7-8H2,1H3,(H,22,23). The number of nitrogens with one attached hydrogen (secondary N) is 2. The van der Waals surface area contributed by atoms with E-state index in [1.165, 1.54) is 48.6 Å². The Hall–Kier alpha value is -10.3. The van der Waals surface area contributed by atoms with E-state index in [9.17, 15) is 29.2 Å². The van der Waals surface area contributed by atoms with Crippen LogP contribution in [-0.4, -0.2) is 139 Å². The number of hydrogen-bond acceptors (Lipinski definition) is 20. The van der Waals surface area contributed by atoms with Crippen molar-refractivity contribution in [2.45, 2.75) is 169 Å². The summed E-state index contributed by atoms with van der Waals surface area (Å²) in [7, 11) is -1.56. The van der Waals surface area contributed by atoms with Gasteiger partial charge in [-0.2, -0.15) is 19.6 Å². The summed E-state index contributed by atoms with van der Waals surface area (Å²) in [6.07, 6.45) is 22.0. The molecule has 0 bridgehead atoms. The Balaban J connectivity index is 0.000000159. The number of nitrogens with zero attached hydrogens (tertiary/aromatic N) is 12. The van der Waals surface area contributed by atoms with Gasteiger partial charge in [-0.25, -0.2) is 28.7 Å². The quantitative estimate of drug-likeness (QED) is 0.0517. The predicted octanol–water partition coefficient (Wildman–Crippen LogP) is 14.3. The molecule has 12 aromatic rings. The first-order valence-electron chi connectivity index (χ1n) is 38.3. The van der Waals surface area contributed by atoms with E-state index in [-0.39, 0.29) is 41.9 Å². The summed E-state index contributed by atoms with van der Waals surface area (Å²) in [5.41, 5.74) is 7.81. The van der Waals surface area contributed by atoms with Crippen LogP contribution in [-0.2, 0) is 52.4 Å². The largest absolute Gasteiger partial charge is 0.495 e. The fourth-order valence-corrected chi connectivity index (χ4v) is 15.1. The molecule has 0 atom stereocenters. The Labute approximate surface area is 669 Å². The summed E-state index contributed by atoms with van der Waals surface area (Å²) < 4.78 is 61.2. The van der Waals surface area contributed by atoms with Crippen LogP contribution < -0.4 is 27.2 Å². The maximum atomic E-state index is 15.6. The van der Waals surface area contributed by atoms with Gasteiger partial charge in [0.15, 0.2) is 11.3 Å².